The number of phenols is 1. The summed E-state index contributed by atoms with van der Waals surface area (Å²) in [5.41, 5.74) is 0.672. The van der Waals surface area contributed by atoms with Crippen LogP contribution in [0.5, 0.6) is 11.5 Å². The van der Waals surface area contributed by atoms with Gasteiger partial charge >= 0.3 is 6.61 Å². The fourth-order valence-electron chi connectivity index (χ4n) is 4.52. The normalized spacial score (nSPS) is 27.1. The molecule has 1 aliphatic carbocycles. The quantitative estimate of drug-likeness (QED) is 0.657. The van der Waals surface area contributed by atoms with E-state index in [1.165, 1.54) is 18.2 Å². The predicted octanol–water partition coefficient (Wildman–Crippen LogP) is 4.61. The van der Waals surface area contributed by atoms with E-state index in [0.717, 1.165) is 58.2 Å². The summed E-state index contributed by atoms with van der Waals surface area (Å²) >= 11 is 0. The number of ether oxygens (including phenoxy) is 2. The molecule has 1 aromatic carbocycles. The van der Waals surface area contributed by atoms with Gasteiger partial charge in [-0.15, -0.1) is 0 Å². The molecule has 0 spiro atoms. The molecule has 0 unspecified atom stereocenters. The number of hydrogen-bond acceptors (Lipinski definition) is 5. The summed E-state index contributed by atoms with van der Waals surface area (Å²) in [5, 5.41) is 13.3. The third kappa shape index (κ3) is 5.26. The second-order valence-corrected chi connectivity index (χ2v) is 8.11. The van der Waals surface area contributed by atoms with E-state index in [-0.39, 0.29) is 23.1 Å². The average molecular weight is 398 g/mol. The maximum Gasteiger partial charge on any atom is 0.387 e. The van der Waals surface area contributed by atoms with Crippen molar-refractivity contribution < 1.29 is 23.4 Å². The lowest BCUT2D eigenvalue weighted by Crippen LogP contribution is -2.53. The van der Waals surface area contributed by atoms with Gasteiger partial charge in [0.2, 0.25) is 0 Å². The molecule has 1 saturated heterocycles. The highest BCUT2D eigenvalue weighted by molar-refractivity contribution is 5.59. The van der Waals surface area contributed by atoms with Gasteiger partial charge in [0.15, 0.2) is 0 Å². The maximum absolute atomic E-state index is 12.4. The molecule has 7 heteroatoms. The molecule has 0 radical (unpaired) electrons. The van der Waals surface area contributed by atoms with Crippen LogP contribution in [0.4, 0.5) is 14.5 Å². The largest absolute Gasteiger partial charge is 0.506 e. The Kier molecular flexibility index (Phi) is 6.99. The third-order valence-electron chi connectivity index (χ3n) is 6.22. The van der Waals surface area contributed by atoms with Gasteiger partial charge in [-0.2, -0.15) is 8.78 Å². The lowest BCUT2D eigenvalue weighted by atomic mass is 9.79. The van der Waals surface area contributed by atoms with Crippen LogP contribution in [0.2, 0.25) is 0 Å². The van der Waals surface area contributed by atoms with E-state index in [1.54, 1.807) is 0 Å². The number of hydrogen-bond donors (Lipinski definition) is 2. The highest BCUT2D eigenvalue weighted by Crippen LogP contribution is 2.37. The first-order chi connectivity index (χ1) is 13.4. The van der Waals surface area contributed by atoms with Crippen LogP contribution in [-0.4, -0.2) is 54.0 Å². The van der Waals surface area contributed by atoms with Gasteiger partial charge in [-0.25, -0.2) is 0 Å². The number of nitrogens with one attached hydrogen (secondary N) is 1. The fourth-order valence-corrected chi connectivity index (χ4v) is 4.52. The summed E-state index contributed by atoms with van der Waals surface area (Å²) in [4.78, 5) is 2.59. The molecular weight excluding hydrogens is 366 g/mol. The summed E-state index contributed by atoms with van der Waals surface area (Å²) in [6.07, 6.45) is 6.85. The van der Waals surface area contributed by atoms with Crippen LogP contribution in [-0.2, 0) is 4.74 Å². The Morgan fingerprint density at radius 1 is 1.21 bits per heavy atom. The van der Waals surface area contributed by atoms with Crippen molar-refractivity contribution in [1.82, 2.24) is 4.90 Å². The number of benzene rings is 1. The van der Waals surface area contributed by atoms with Gasteiger partial charge in [0, 0.05) is 37.3 Å². The Morgan fingerprint density at radius 2 is 1.89 bits per heavy atom. The second kappa shape index (κ2) is 9.27. The first-order valence-electron chi connectivity index (χ1n) is 10.3. The van der Waals surface area contributed by atoms with Crippen molar-refractivity contribution in [3.8, 4) is 11.5 Å². The zero-order chi connectivity index (χ0) is 20.1. The number of halogens is 2. The van der Waals surface area contributed by atoms with Crippen molar-refractivity contribution in [2.75, 3.05) is 25.0 Å². The van der Waals surface area contributed by atoms with Crippen LogP contribution in [0.1, 0.15) is 52.4 Å². The van der Waals surface area contributed by atoms with E-state index in [0.29, 0.717) is 11.8 Å². The van der Waals surface area contributed by atoms with Crippen molar-refractivity contribution in [2.45, 2.75) is 76.7 Å². The number of phenolic OH excluding ortho intramolecular Hbond substituents is 1. The van der Waals surface area contributed by atoms with Crippen molar-refractivity contribution in [3.05, 3.63) is 18.2 Å². The average Bonchev–Trinajstić information content (AvgIpc) is 2.67. The Morgan fingerprint density at radius 3 is 2.50 bits per heavy atom. The molecule has 1 aromatic rings. The predicted molar refractivity (Wildman–Crippen MR) is 105 cm³/mol. The van der Waals surface area contributed by atoms with E-state index in [2.05, 4.69) is 28.8 Å². The molecule has 2 fully saturated rings. The lowest BCUT2D eigenvalue weighted by molar-refractivity contribution is -0.0498. The van der Waals surface area contributed by atoms with Crippen molar-refractivity contribution in [2.24, 2.45) is 0 Å². The molecule has 1 aliphatic heterocycles. The number of piperidine rings is 1. The molecule has 1 saturated carbocycles. The van der Waals surface area contributed by atoms with Gasteiger partial charge in [0.1, 0.15) is 11.5 Å². The molecule has 3 rings (SSSR count). The van der Waals surface area contributed by atoms with E-state index in [9.17, 15) is 13.9 Å². The summed E-state index contributed by atoms with van der Waals surface area (Å²) in [7, 11) is 0. The lowest BCUT2D eigenvalue weighted by Gasteiger charge is -2.48. The van der Waals surface area contributed by atoms with E-state index in [4.69, 9.17) is 4.74 Å². The molecule has 28 heavy (non-hydrogen) atoms. The third-order valence-corrected chi connectivity index (χ3v) is 6.22. The number of nitrogens with zero attached hydrogens (tertiary/aromatic N) is 1. The molecular formula is C21H32F2N2O3. The Balaban J connectivity index is 1.52. The molecule has 0 aromatic heterocycles. The number of anilines is 1. The number of alkyl halides is 2. The van der Waals surface area contributed by atoms with Crippen molar-refractivity contribution in [3.63, 3.8) is 0 Å². The van der Waals surface area contributed by atoms with Gasteiger partial charge in [-0.1, -0.05) is 0 Å². The van der Waals surface area contributed by atoms with Gasteiger partial charge in [0.25, 0.3) is 0 Å². The number of rotatable bonds is 7. The standard InChI is InChI=1S/C21H32F2N2O3/c1-3-27-16-6-10-21(2,11-7-16)25-12-8-15(9-13-25)24-18-14-17(28-20(22)23)4-5-19(18)26/h4-5,14-16,20,24,26H,3,6-13H2,1-2H3. The zero-order valence-electron chi connectivity index (χ0n) is 16.8. The van der Waals surface area contributed by atoms with Gasteiger partial charge in [0.05, 0.1) is 11.8 Å². The van der Waals surface area contributed by atoms with E-state index in [1.807, 2.05) is 0 Å². The van der Waals surface area contributed by atoms with Crippen LogP contribution < -0.4 is 10.1 Å². The highest BCUT2D eigenvalue weighted by Gasteiger charge is 2.38. The molecule has 0 bridgehead atoms. The topological polar surface area (TPSA) is 54.0 Å². The smallest absolute Gasteiger partial charge is 0.387 e. The molecule has 158 valence electrons. The van der Waals surface area contributed by atoms with Crippen molar-refractivity contribution in [1.29, 1.82) is 0 Å². The number of likely N-dealkylation sites (tertiary alicyclic amines) is 1. The summed E-state index contributed by atoms with van der Waals surface area (Å²) < 4.78 is 35.0. The van der Waals surface area contributed by atoms with Crippen LogP contribution in [0, 0.1) is 0 Å². The summed E-state index contributed by atoms with van der Waals surface area (Å²) in [6.45, 7) is 4.30. The van der Waals surface area contributed by atoms with Crippen molar-refractivity contribution >= 4 is 5.69 Å². The minimum absolute atomic E-state index is 0.0465. The molecule has 0 atom stereocenters. The molecule has 2 aliphatic rings. The Bertz CT molecular complexity index is 628. The van der Waals surface area contributed by atoms with Crippen LogP contribution in [0.25, 0.3) is 0 Å². The summed E-state index contributed by atoms with van der Waals surface area (Å²) in [6, 6.07) is 4.36. The molecule has 0 amide bonds. The monoisotopic (exact) mass is 398 g/mol. The van der Waals surface area contributed by atoms with Gasteiger partial charge < -0.3 is 19.9 Å². The Labute approximate surface area is 166 Å². The molecule has 2 N–H and O–H groups in total. The fraction of sp³-hybridized carbons (Fsp3) is 0.714. The minimum Gasteiger partial charge on any atom is -0.506 e. The molecule has 1 heterocycles. The first kappa shape index (κ1) is 21.1. The van der Waals surface area contributed by atoms with Crippen LogP contribution in [0.3, 0.4) is 0 Å². The second-order valence-electron chi connectivity index (χ2n) is 8.11. The van der Waals surface area contributed by atoms with Gasteiger partial charge in [-0.05, 0) is 64.5 Å². The first-order valence-corrected chi connectivity index (χ1v) is 10.3. The Hall–Kier alpha value is -1.60. The SMILES string of the molecule is CCOC1CCC(C)(N2CCC(Nc3cc(OC(F)F)ccc3O)CC2)CC1. The van der Waals surface area contributed by atoms with Gasteiger partial charge in [-0.3, -0.25) is 4.90 Å². The number of aromatic hydroxyl groups is 1. The summed E-state index contributed by atoms with van der Waals surface area (Å²) in [5.74, 6) is 0.0940. The molecule has 5 nitrogen and oxygen atoms in total. The highest BCUT2D eigenvalue weighted by atomic mass is 19.3. The zero-order valence-corrected chi connectivity index (χ0v) is 16.8. The van der Waals surface area contributed by atoms with Crippen LogP contribution in [0.15, 0.2) is 18.2 Å². The maximum atomic E-state index is 12.4. The van der Waals surface area contributed by atoms with E-state index < -0.39 is 6.61 Å². The van der Waals surface area contributed by atoms with Crippen LogP contribution >= 0.6 is 0 Å². The van der Waals surface area contributed by atoms with E-state index >= 15 is 0 Å². The minimum atomic E-state index is -2.88.